The Morgan fingerprint density at radius 3 is 2.71 bits per heavy atom. The molecule has 1 fully saturated rings. The predicted octanol–water partition coefficient (Wildman–Crippen LogP) is 1.16. The van der Waals surface area contributed by atoms with Crippen LogP contribution in [0.25, 0.3) is 0 Å². The van der Waals surface area contributed by atoms with Crippen LogP contribution in [0, 0.1) is 0 Å². The zero-order valence-corrected chi connectivity index (χ0v) is 7.38. The van der Waals surface area contributed by atoms with Crippen LogP contribution in [0.3, 0.4) is 0 Å². The topological polar surface area (TPSA) is 27.8 Å². The van der Waals surface area contributed by atoms with Crippen LogP contribution in [0.2, 0.25) is 0 Å². The van der Waals surface area contributed by atoms with Gasteiger partial charge >= 0.3 is 6.18 Å². The molecule has 0 aliphatic carbocycles. The number of nitrogens with zero attached hydrogens (tertiary/aromatic N) is 1. The SMILES string of the molecule is CN1C=CN/C1=C\C1OC1C(F)(F)F. The van der Waals surface area contributed by atoms with E-state index < -0.39 is 18.4 Å². The van der Waals surface area contributed by atoms with Gasteiger partial charge in [-0.2, -0.15) is 13.2 Å². The van der Waals surface area contributed by atoms with E-state index in [4.69, 9.17) is 0 Å². The number of rotatable bonds is 1. The first-order valence-corrected chi connectivity index (χ1v) is 4.08. The van der Waals surface area contributed by atoms with Crippen LogP contribution in [0.4, 0.5) is 13.2 Å². The molecule has 2 rings (SSSR count). The van der Waals surface area contributed by atoms with Crippen LogP contribution in [0.5, 0.6) is 0 Å². The van der Waals surface area contributed by atoms with E-state index in [9.17, 15) is 13.2 Å². The Kier molecular flexibility index (Phi) is 1.95. The third kappa shape index (κ3) is 1.70. The third-order valence-corrected chi connectivity index (χ3v) is 2.08. The van der Waals surface area contributed by atoms with E-state index >= 15 is 0 Å². The van der Waals surface area contributed by atoms with E-state index in [0.717, 1.165) is 0 Å². The molecule has 2 aliphatic heterocycles. The molecular formula is C8H9F3N2O. The van der Waals surface area contributed by atoms with Crippen molar-refractivity contribution in [1.29, 1.82) is 0 Å². The first kappa shape index (κ1) is 9.39. The Labute approximate surface area is 78.8 Å². The van der Waals surface area contributed by atoms with Gasteiger partial charge in [-0.1, -0.05) is 0 Å². The molecule has 2 unspecified atom stereocenters. The highest BCUT2D eigenvalue weighted by molar-refractivity contribution is 5.17. The number of ether oxygens (including phenoxy) is 1. The summed E-state index contributed by atoms with van der Waals surface area (Å²) < 4.78 is 40.7. The van der Waals surface area contributed by atoms with Crippen LogP contribution in [-0.4, -0.2) is 30.3 Å². The summed E-state index contributed by atoms with van der Waals surface area (Å²) in [6, 6.07) is 0. The van der Waals surface area contributed by atoms with Crippen LogP contribution in [-0.2, 0) is 4.74 Å². The summed E-state index contributed by atoms with van der Waals surface area (Å²) in [5.41, 5.74) is 0. The van der Waals surface area contributed by atoms with Gasteiger partial charge in [0.05, 0.1) is 0 Å². The molecule has 14 heavy (non-hydrogen) atoms. The molecule has 2 atom stereocenters. The maximum Gasteiger partial charge on any atom is 0.417 e. The second-order valence-electron chi connectivity index (χ2n) is 3.19. The van der Waals surface area contributed by atoms with E-state index in [-0.39, 0.29) is 0 Å². The standard InChI is InChI=1S/C8H9F3N2O/c1-13-3-2-12-6(13)4-5-7(14-5)8(9,10)11/h2-5,7,12H,1H3/b6-4+. The van der Waals surface area contributed by atoms with E-state index in [1.807, 2.05) is 0 Å². The lowest BCUT2D eigenvalue weighted by atomic mass is 10.3. The average Bonchev–Trinajstić information content (AvgIpc) is 2.71. The molecule has 0 saturated carbocycles. The smallest absolute Gasteiger partial charge is 0.355 e. The summed E-state index contributed by atoms with van der Waals surface area (Å²) in [5, 5.41) is 2.81. The number of halogens is 3. The summed E-state index contributed by atoms with van der Waals surface area (Å²) in [5.74, 6) is 0.613. The van der Waals surface area contributed by atoms with Gasteiger partial charge in [-0.15, -0.1) is 0 Å². The van der Waals surface area contributed by atoms with Gasteiger partial charge < -0.3 is 15.0 Å². The molecule has 0 aromatic heterocycles. The number of nitrogens with one attached hydrogen (secondary N) is 1. The average molecular weight is 206 g/mol. The molecule has 3 nitrogen and oxygen atoms in total. The second kappa shape index (κ2) is 2.91. The summed E-state index contributed by atoms with van der Waals surface area (Å²) >= 11 is 0. The fourth-order valence-electron chi connectivity index (χ4n) is 1.25. The lowest BCUT2D eigenvalue weighted by molar-refractivity contribution is -0.146. The second-order valence-corrected chi connectivity index (χ2v) is 3.19. The van der Waals surface area contributed by atoms with Gasteiger partial charge in [-0.3, -0.25) is 0 Å². The summed E-state index contributed by atoms with van der Waals surface area (Å²) in [4.78, 5) is 1.69. The van der Waals surface area contributed by atoms with Crippen LogP contribution in [0.1, 0.15) is 0 Å². The lowest BCUT2D eigenvalue weighted by Gasteiger charge is -2.09. The van der Waals surface area contributed by atoms with Crippen molar-refractivity contribution in [3.05, 3.63) is 24.3 Å². The fraction of sp³-hybridized carbons (Fsp3) is 0.500. The molecular weight excluding hydrogens is 197 g/mol. The van der Waals surface area contributed by atoms with Gasteiger partial charge in [-0.05, 0) is 6.08 Å². The van der Waals surface area contributed by atoms with E-state index in [0.29, 0.717) is 5.82 Å². The van der Waals surface area contributed by atoms with Gasteiger partial charge in [0.1, 0.15) is 11.9 Å². The van der Waals surface area contributed by atoms with Crippen LogP contribution < -0.4 is 5.32 Å². The molecule has 0 amide bonds. The number of epoxide rings is 1. The normalized spacial score (nSPS) is 33.7. The van der Waals surface area contributed by atoms with Crippen molar-refractivity contribution in [2.45, 2.75) is 18.4 Å². The molecule has 1 N–H and O–H groups in total. The van der Waals surface area contributed by atoms with Gasteiger partial charge in [0.25, 0.3) is 0 Å². The molecule has 1 saturated heterocycles. The molecule has 2 aliphatic rings. The first-order chi connectivity index (χ1) is 6.48. The third-order valence-electron chi connectivity index (χ3n) is 2.08. The highest BCUT2D eigenvalue weighted by Gasteiger charge is 2.57. The van der Waals surface area contributed by atoms with Gasteiger partial charge in [0, 0.05) is 19.4 Å². The summed E-state index contributed by atoms with van der Waals surface area (Å²) in [6.07, 6.45) is -1.94. The Bertz CT molecular complexity index is 297. The van der Waals surface area contributed by atoms with Crippen molar-refractivity contribution in [3.63, 3.8) is 0 Å². The van der Waals surface area contributed by atoms with Crippen molar-refractivity contribution in [2.75, 3.05) is 7.05 Å². The number of hydrogen-bond acceptors (Lipinski definition) is 3. The van der Waals surface area contributed by atoms with E-state index in [1.54, 1.807) is 24.3 Å². The maximum absolute atomic E-state index is 12.1. The minimum Gasteiger partial charge on any atom is -0.355 e. The van der Waals surface area contributed by atoms with Crippen molar-refractivity contribution in [1.82, 2.24) is 10.2 Å². The quantitative estimate of drug-likeness (QED) is 0.652. The molecule has 0 bridgehead atoms. The minimum atomic E-state index is -4.26. The van der Waals surface area contributed by atoms with Gasteiger partial charge in [-0.25, -0.2) is 0 Å². The Morgan fingerprint density at radius 1 is 1.57 bits per heavy atom. The lowest BCUT2D eigenvalue weighted by Crippen LogP contribution is -2.20. The highest BCUT2D eigenvalue weighted by atomic mass is 19.4. The van der Waals surface area contributed by atoms with Gasteiger partial charge in [0.2, 0.25) is 0 Å². The predicted molar refractivity (Wildman–Crippen MR) is 42.8 cm³/mol. The Balaban J connectivity index is 1.96. The Morgan fingerprint density at radius 2 is 2.29 bits per heavy atom. The van der Waals surface area contributed by atoms with Crippen molar-refractivity contribution < 1.29 is 17.9 Å². The number of alkyl halides is 3. The monoisotopic (exact) mass is 206 g/mol. The maximum atomic E-state index is 12.1. The van der Waals surface area contributed by atoms with E-state index in [1.165, 1.54) is 6.08 Å². The minimum absolute atomic E-state index is 0.613. The molecule has 78 valence electrons. The number of hydrogen-bond donors (Lipinski definition) is 1. The largest absolute Gasteiger partial charge is 0.417 e. The fourth-order valence-corrected chi connectivity index (χ4v) is 1.25. The van der Waals surface area contributed by atoms with Crippen molar-refractivity contribution in [3.8, 4) is 0 Å². The molecule has 6 heteroatoms. The van der Waals surface area contributed by atoms with Crippen molar-refractivity contribution >= 4 is 0 Å². The van der Waals surface area contributed by atoms with Crippen LogP contribution in [0.15, 0.2) is 24.3 Å². The van der Waals surface area contributed by atoms with Crippen LogP contribution >= 0.6 is 0 Å². The first-order valence-electron chi connectivity index (χ1n) is 4.08. The van der Waals surface area contributed by atoms with Gasteiger partial charge in [0.15, 0.2) is 6.10 Å². The molecule has 2 heterocycles. The molecule has 0 aromatic carbocycles. The molecule has 0 radical (unpaired) electrons. The summed E-state index contributed by atoms with van der Waals surface area (Å²) in [6.45, 7) is 0. The van der Waals surface area contributed by atoms with E-state index in [2.05, 4.69) is 10.1 Å². The molecule has 0 spiro atoms. The zero-order chi connectivity index (χ0) is 10.3. The zero-order valence-electron chi connectivity index (χ0n) is 7.38. The summed E-state index contributed by atoms with van der Waals surface area (Å²) in [7, 11) is 1.74. The Hall–Kier alpha value is -1.17. The van der Waals surface area contributed by atoms with Crippen molar-refractivity contribution in [2.24, 2.45) is 0 Å². The molecule has 0 aromatic rings. The highest BCUT2D eigenvalue weighted by Crippen LogP contribution is 2.38.